The summed E-state index contributed by atoms with van der Waals surface area (Å²) in [5, 5.41) is 28.1. The van der Waals surface area contributed by atoms with E-state index in [9.17, 15) is 49.8 Å². The lowest BCUT2D eigenvalue weighted by Crippen LogP contribution is -2.54. The third kappa shape index (κ3) is 6.47. The number of carbonyl (C=O) groups is 2. The number of imidazole rings is 1. The Balaban J connectivity index is 1.69. The number of aromatic nitrogens is 4. The van der Waals surface area contributed by atoms with Crippen molar-refractivity contribution in [1.82, 2.24) is 19.7 Å². The van der Waals surface area contributed by atoms with E-state index in [1.807, 2.05) is 0 Å². The van der Waals surface area contributed by atoms with E-state index < -0.39 is 94.0 Å². The molecule has 238 valence electrons. The molecule has 0 atom stereocenters. The van der Waals surface area contributed by atoms with E-state index in [2.05, 4.69) is 15.2 Å². The fourth-order valence-corrected chi connectivity index (χ4v) is 3.98. The molecular weight excluding hydrogens is 628 g/mol. The summed E-state index contributed by atoms with van der Waals surface area (Å²) < 4.78 is 118. The Morgan fingerprint density at radius 3 is 2.22 bits per heavy atom. The first kappa shape index (κ1) is 32.6. The molecule has 0 aliphatic carbocycles. The first-order valence-corrected chi connectivity index (χ1v) is 12.2. The highest BCUT2D eigenvalue weighted by atomic mass is 19.4. The zero-order valence-electron chi connectivity index (χ0n) is 22.1. The molecule has 2 aromatic carbocycles. The molecule has 45 heavy (non-hydrogen) atoms. The van der Waals surface area contributed by atoms with Gasteiger partial charge in [0.05, 0.1) is 17.9 Å². The Kier molecular flexibility index (Phi) is 8.68. The zero-order chi connectivity index (χ0) is 33.3. The Hall–Kier alpha value is -5.33. The molecule has 0 aliphatic rings. The number of benzene rings is 2. The fourth-order valence-electron chi connectivity index (χ4n) is 3.98. The van der Waals surface area contributed by atoms with Crippen molar-refractivity contribution in [2.75, 3.05) is 17.7 Å². The van der Waals surface area contributed by atoms with Gasteiger partial charge in [0.15, 0.2) is 23.1 Å². The SMILES string of the molecule is Nc1cc(OCCc2cc(NC(=O)c3ccc(-n4ccnc4)nn3)c(C(O)(C(F)(F)F)C(F)(F)F)cc2F)c(F)cc1C(=O)O. The molecule has 0 aliphatic heterocycles. The van der Waals surface area contributed by atoms with Gasteiger partial charge in [0, 0.05) is 36.1 Å². The summed E-state index contributed by atoms with van der Waals surface area (Å²) in [5.41, 5.74) is -5.71. The van der Waals surface area contributed by atoms with Gasteiger partial charge >= 0.3 is 18.3 Å². The van der Waals surface area contributed by atoms with Crippen LogP contribution in [-0.4, -0.2) is 60.8 Å². The first-order valence-electron chi connectivity index (χ1n) is 12.2. The summed E-state index contributed by atoms with van der Waals surface area (Å²) in [5.74, 6) is -6.24. The zero-order valence-corrected chi connectivity index (χ0v) is 22.1. The molecule has 0 unspecified atom stereocenters. The number of hydrogen-bond donors (Lipinski definition) is 4. The van der Waals surface area contributed by atoms with Crippen molar-refractivity contribution in [2.24, 2.45) is 0 Å². The molecule has 0 spiro atoms. The molecule has 2 aromatic heterocycles. The van der Waals surface area contributed by atoms with Crippen molar-refractivity contribution >= 4 is 23.3 Å². The van der Waals surface area contributed by atoms with Crippen LogP contribution in [0.3, 0.4) is 0 Å². The molecule has 0 bridgehead atoms. The standard InChI is InChI=1S/C26H18F8N6O5/c27-15-9-14(24(44,25(29,30)31)26(32,33)34)19(37-22(41)18-1-2-21(39-38-18)40-5-4-36-11-40)7-12(15)3-6-45-20-10-17(35)13(23(42)43)8-16(20)28/h1-2,4-5,7-11,44H,3,6,35H2,(H,37,41)(H,42,43). The van der Waals surface area contributed by atoms with Gasteiger partial charge in [-0.1, -0.05) is 0 Å². The molecule has 0 fully saturated rings. The van der Waals surface area contributed by atoms with Gasteiger partial charge in [0.25, 0.3) is 11.5 Å². The van der Waals surface area contributed by atoms with E-state index in [0.29, 0.717) is 12.1 Å². The van der Waals surface area contributed by atoms with Gasteiger partial charge in [0.2, 0.25) is 0 Å². The molecule has 5 N–H and O–H groups in total. The number of aromatic carboxylic acids is 1. The third-order valence-electron chi connectivity index (χ3n) is 6.26. The Labute approximate surface area is 245 Å². The molecule has 19 heteroatoms. The molecular formula is C26H18F8N6O5. The van der Waals surface area contributed by atoms with Crippen molar-refractivity contribution in [3.05, 3.63) is 89.1 Å². The molecule has 0 radical (unpaired) electrons. The lowest BCUT2D eigenvalue weighted by Gasteiger charge is -2.34. The Bertz CT molecular complexity index is 1710. The minimum atomic E-state index is -6.44. The number of carbonyl (C=O) groups excluding carboxylic acids is 1. The average molecular weight is 646 g/mol. The summed E-state index contributed by atoms with van der Waals surface area (Å²) in [6, 6.07) is 3.76. The lowest BCUT2D eigenvalue weighted by molar-refractivity contribution is -0.376. The van der Waals surface area contributed by atoms with Gasteiger partial charge in [-0.3, -0.25) is 9.36 Å². The van der Waals surface area contributed by atoms with Gasteiger partial charge < -0.3 is 26.0 Å². The second-order valence-electron chi connectivity index (χ2n) is 9.17. The van der Waals surface area contributed by atoms with E-state index in [1.165, 1.54) is 29.4 Å². The average Bonchev–Trinajstić information content (AvgIpc) is 3.49. The molecule has 2 heterocycles. The number of carboxylic acids is 1. The normalized spacial score (nSPS) is 12.2. The van der Waals surface area contributed by atoms with Crippen molar-refractivity contribution in [3.8, 4) is 11.6 Å². The number of rotatable bonds is 9. The highest BCUT2D eigenvalue weighted by molar-refractivity contribution is 6.03. The number of aliphatic hydroxyl groups is 1. The number of nitrogens with one attached hydrogen (secondary N) is 1. The monoisotopic (exact) mass is 646 g/mol. The maximum Gasteiger partial charge on any atom is 0.430 e. The maximum atomic E-state index is 15.0. The van der Waals surface area contributed by atoms with Crippen LogP contribution in [0.15, 0.2) is 55.1 Å². The maximum absolute atomic E-state index is 15.0. The smallest absolute Gasteiger partial charge is 0.430 e. The molecule has 0 saturated carbocycles. The number of amides is 1. The summed E-state index contributed by atoms with van der Waals surface area (Å²) in [6.45, 7) is -0.656. The number of nitrogens with two attached hydrogens (primary N) is 1. The van der Waals surface area contributed by atoms with Crippen LogP contribution in [0.5, 0.6) is 5.75 Å². The molecule has 4 aromatic rings. The van der Waals surface area contributed by atoms with Crippen LogP contribution in [0, 0.1) is 11.6 Å². The second kappa shape index (κ2) is 12.0. The van der Waals surface area contributed by atoms with Gasteiger partial charge in [-0.2, -0.15) is 26.3 Å². The van der Waals surface area contributed by atoms with E-state index in [0.717, 1.165) is 12.1 Å². The van der Waals surface area contributed by atoms with Gasteiger partial charge in [-0.15, -0.1) is 10.2 Å². The topological polar surface area (TPSA) is 165 Å². The number of alkyl halides is 6. The van der Waals surface area contributed by atoms with Crippen molar-refractivity contribution < 1.29 is 59.7 Å². The number of nitrogen functional groups attached to an aromatic ring is 1. The fraction of sp³-hybridized carbons (Fsp3) is 0.192. The summed E-state index contributed by atoms with van der Waals surface area (Å²) in [4.78, 5) is 27.7. The molecule has 1 amide bonds. The van der Waals surface area contributed by atoms with Crippen molar-refractivity contribution in [1.29, 1.82) is 0 Å². The highest BCUT2D eigenvalue weighted by Gasteiger charge is 2.72. The van der Waals surface area contributed by atoms with Gasteiger partial charge in [-0.25, -0.2) is 18.6 Å². The number of nitrogens with zero attached hydrogens (tertiary/aromatic N) is 4. The molecule has 11 nitrogen and oxygen atoms in total. The van der Waals surface area contributed by atoms with E-state index in [-0.39, 0.29) is 11.9 Å². The second-order valence-corrected chi connectivity index (χ2v) is 9.17. The van der Waals surface area contributed by atoms with Crippen LogP contribution < -0.4 is 15.8 Å². The van der Waals surface area contributed by atoms with E-state index in [4.69, 9.17) is 15.6 Å². The van der Waals surface area contributed by atoms with Gasteiger partial charge in [0.1, 0.15) is 12.1 Å². The summed E-state index contributed by atoms with van der Waals surface area (Å²) >= 11 is 0. The predicted octanol–water partition coefficient (Wildman–Crippen LogP) is 4.41. The lowest BCUT2D eigenvalue weighted by atomic mass is 9.89. The highest BCUT2D eigenvalue weighted by Crippen LogP contribution is 2.52. The van der Waals surface area contributed by atoms with Crippen molar-refractivity contribution in [2.45, 2.75) is 24.4 Å². The number of hydrogen-bond acceptors (Lipinski definition) is 8. The third-order valence-corrected chi connectivity index (χ3v) is 6.26. The number of carboxylic acid groups (broad SMARTS) is 1. The number of halogens is 8. The van der Waals surface area contributed by atoms with E-state index in [1.54, 1.807) is 5.32 Å². The van der Waals surface area contributed by atoms with Crippen LogP contribution in [0.1, 0.15) is 32.0 Å². The van der Waals surface area contributed by atoms with Crippen LogP contribution >= 0.6 is 0 Å². The Morgan fingerprint density at radius 2 is 1.67 bits per heavy atom. The first-order chi connectivity index (χ1) is 20.9. The minimum Gasteiger partial charge on any atom is -0.490 e. The summed E-state index contributed by atoms with van der Waals surface area (Å²) in [7, 11) is 0. The molecule has 4 rings (SSSR count). The van der Waals surface area contributed by atoms with Gasteiger partial charge in [-0.05, 0) is 35.9 Å². The van der Waals surface area contributed by atoms with Crippen LogP contribution in [0.4, 0.5) is 46.5 Å². The Morgan fingerprint density at radius 1 is 0.978 bits per heavy atom. The number of anilines is 2. The van der Waals surface area contributed by atoms with Crippen LogP contribution in [-0.2, 0) is 12.0 Å². The van der Waals surface area contributed by atoms with Crippen LogP contribution in [0.2, 0.25) is 0 Å². The predicted molar refractivity (Wildman–Crippen MR) is 136 cm³/mol. The van der Waals surface area contributed by atoms with Crippen molar-refractivity contribution in [3.63, 3.8) is 0 Å². The van der Waals surface area contributed by atoms with E-state index >= 15 is 0 Å². The largest absolute Gasteiger partial charge is 0.490 e. The quantitative estimate of drug-likeness (QED) is 0.152. The molecule has 0 saturated heterocycles. The number of ether oxygens (including phenoxy) is 1. The minimum absolute atomic E-state index is 0.146. The summed E-state index contributed by atoms with van der Waals surface area (Å²) in [6.07, 6.45) is -9.33. The van der Waals surface area contributed by atoms with Crippen LogP contribution in [0.25, 0.3) is 5.82 Å².